The van der Waals surface area contributed by atoms with E-state index in [2.05, 4.69) is 15.1 Å². The van der Waals surface area contributed by atoms with Gasteiger partial charge in [-0.05, 0) is 24.6 Å². The Morgan fingerprint density at radius 2 is 1.96 bits per heavy atom. The number of amides is 1. The highest BCUT2D eigenvalue weighted by atomic mass is 35.5. The molecule has 0 bridgehead atoms. The lowest BCUT2D eigenvalue weighted by atomic mass is 10.2. The van der Waals surface area contributed by atoms with Crippen LogP contribution in [0.5, 0.6) is 0 Å². The van der Waals surface area contributed by atoms with Gasteiger partial charge in [0.15, 0.2) is 0 Å². The number of anilines is 1. The number of hydrogen-bond acceptors (Lipinski definition) is 5. The highest BCUT2D eigenvalue weighted by molar-refractivity contribution is 7.15. The maximum atomic E-state index is 12.3. The van der Waals surface area contributed by atoms with E-state index in [0.717, 1.165) is 28.8 Å². The number of piperazine rings is 1. The normalized spacial score (nSPS) is 15.4. The summed E-state index contributed by atoms with van der Waals surface area (Å²) < 4.78 is 0. The van der Waals surface area contributed by atoms with E-state index in [0.29, 0.717) is 18.1 Å². The molecule has 0 spiro atoms. The lowest BCUT2D eigenvalue weighted by molar-refractivity contribution is -0.126. The summed E-state index contributed by atoms with van der Waals surface area (Å²) in [6.07, 6.45) is 3.36. The number of rotatable bonds is 3. The zero-order valence-electron chi connectivity index (χ0n) is 12.8. The van der Waals surface area contributed by atoms with E-state index in [4.69, 9.17) is 11.6 Å². The first-order valence-corrected chi connectivity index (χ1v) is 8.59. The molecule has 1 aliphatic rings. The van der Waals surface area contributed by atoms with Crippen molar-refractivity contribution < 1.29 is 4.79 Å². The molecule has 120 valence electrons. The summed E-state index contributed by atoms with van der Waals surface area (Å²) in [5.41, 5.74) is 0.852. The monoisotopic (exact) mass is 348 g/mol. The second-order valence-corrected chi connectivity index (χ2v) is 6.84. The largest absolute Gasteiger partial charge is 0.343 e. The van der Waals surface area contributed by atoms with Gasteiger partial charge >= 0.3 is 0 Å². The molecule has 2 heterocycles. The lowest BCUT2D eigenvalue weighted by Gasteiger charge is -2.33. The van der Waals surface area contributed by atoms with Crippen molar-refractivity contribution in [3.8, 4) is 0 Å². The molecule has 0 saturated carbocycles. The minimum atomic E-state index is 0.0121. The molecule has 0 N–H and O–H groups in total. The van der Waals surface area contributed by atoms with Crippen LogP contribution in [0.25, 0.3) is 6.08 Å². The zero-order chi connectivity index (χ0) is 16.2. The third-order valence-electron chi connectivity index (χ3n) is 3.69. The van der Waals surface area contributed by atoms with Crippen LogP contribution in [-0.4, -0.2) is 47.2 Å². The van der Waals surface area contributed by atoms with Gasteiger partial charge in [-0.3, -0.25) is 4.79 Å². The minimum absolute atomic E-state index is 0.0121. The van der Waals surface area contributed by atoms with Crippen LogP contribution in [0.3, 0.4) is 0 Å². The first kappa shape index (κ1) is 16.0. The Morgan fingerprint density at radius 3 is 2.61 bits per heavy atom. The average molecular weight is 349 g/mol. The van der Waals surface area contributed by atoms with Crippen molar-refractivity contribution in [1.29, 1.82) is 0 Å². The fourth-order valence-corrected chi connectivity index (χ4v) is 3.35. The Morgan fingerprint density at radius 1 is 1.22 bits per heavy atom. The molecular formula is C16H17ClN4OS. The number of benzene rings is 1. The molecule has 1 aromatic carbocycles. The number of halogens is 1. The summed E-state index contributed by atoms with van der Waals surface area (Å²) in [5, 5.41) is 10.7. The summed E-state index contributed by atoms with van der Waals surface area (Å²) >= 11 is 7.67. The second kappa shape index (κ2) is 7.10. The molecule has 3 rings (SSSR count). The van der Waals surface area contributed by atoms with E-state index in [1.54, 1.807) is 23.5 Å². The molecule has 1 aliphatic heterocycles. The van der Waals surface area contributed by atoms with Crippen LogP contribution in [0.1, 0.15) is 10.6 Å². The minimum Gasteiger partial charge on any atom is -0.343 e. The number of nitrogens with zero attached hydrogens (tertiary/aromatic N) is 4. The van der Waals surface area contributed by atoms with Gasteiger partial charge in [-0.15, -0.1) is 10.2 Å². The van der Waals surface area contributed by atoms with Gasteiger partial charge in [-0.2, -0.15) is 0 Å². The van der Waals surface area contributed by atoms with E-state index in [-0.39, 0.29) is 5.91 Å². The summed E-state index contributed by atoms with van der Waals surface area (Å²) in [6.45, 7) is 4.87. The standard InChI is InChI=1S/C16H17ClN4OS/c1-12-18-19-16(23-12)21-10-8-20(9-11-21)15(22)7-6-13-4-2-3-5-14(13)17/h2-7H,8-11H2,1H3/b7-6+. The van der Waals surface area contributed by atoms with Crippen molar-refractivity contribution in [3.63, 3.8) is 0 Å². The van der Waals surface area contributed by atoms with Gasteiger partial charge in [-0.25, -0.2) is 0 Å². The maximum absolute atomic E-state index is 12.3. The fourth-order valence-electron chi connectivity index (χ4n) is 2.41. The first-order valence-electron chi connectivity index (χ1n) is 7.40. The van der Waals surface area contributed by atoms with Crippen LogP contribution in [0.2, 0.25) is 5.02 Å². The third kappa shape index (κ3) is 3.89. The predicted molar refractivity (Wildman–Crippen MR) is 93.9 cm³/mol. The Hall–Kier alpha value is -1.92. The maximum Gasteiger partial charge on any atom is 0.246 e. The van der Waals surface area contributed by atoms with Gasteiger partial charge in [0.1, 0.15) is 5.01 Å². The molecule has 1 aromatic heterocycles. The quantitative estimate of drug-likeness (QED) is 0.800. The van der Waals surface area contributed by atoms with Crippen LogP contribution in [0.15, 0.2) is 30.3 Å². The van der Waals surface area contributed by atoms with Crippen LogP contribution >= 0.6 is 22.9 Å². The molecule has 23 heavy (non-hydrogen) atoms. The number of aryl methyl sites for hydroxylation is 1. The number of hydrogen-bond donors (Lipinski definition) is 0. The van der Waals surface area contributed by atoms with Crippen molar-refractivity contribution in [2.45, 2.75) is 6.92 Å². The highest BCUT2D eigenvalue weighted by Crippen LogP contribution is 2.21. The SMILES string of the molecule is Cc1nnc(N2CCN(C(=O)/C=C/c3ccccc3Cl)CC2)s1. The van der Waals surface area contributed by atoms with E-state index in [1.807, 2.05) is 36.1 Å². The highest BCUT2D eigenvalue weighted by Gasteiger charge is 2.21. The smallest absolute Gasteiger partial charge is 0.246 e. The van der Waals surface area contributed by atoms with Crippen molar-refractivity contribution in [2.24, 2.45) is 0 Å². The van der Waals surface area contributed by atoms with Gasteiger partial charge in [0.2, 0.25) is 11.0 Å². The lowest BCUT2D eigenvalue weighted by Crippen LogP contribution is -2.48. The van der Waals surface area contributed by atoms with E-state index >= 15 is 0 Å². The van der Waals surface area contributed by atoms with Gasteiger partial charge in [0.05, 0.1) is 0 Å². The fraction of sp³-hybridized carbons (Fsp3) is 0.312. The van der Waals surface area contributed by atoms with E-state index in [1.165, 1.54) is 0 Å². The molecular weight excluding hydrogens is 332 g/mol. The third-order valence-corrected chi connectivity index (χ3v) is 4.93. The molecule has 0 radical (unpaired) electrons. The topological polar surface area (TPSA) is 49.3 Å². The Labute approximate surface area is 144 Å². The number of carbonyl (C=O) groups excluding carboxylic acids is 1. The molecule has 1 fully saturated rings. The van der Waals surface area contributed by atoms with Gasteiger partial charge in [0.25, 0.3) is 0 Å². The summed E-state index contributed by atoms with van der Waals surface area (Å²) in [5.74, 6) is 0.0121. The Bertz CT molecular complexity index is 722. The number of aromatic nitrogens is 2. The first-order chi connectivity index (χ1) is 11.1. The molecule has 0 atom stereocenters. The van der Waals surface area contributed by atoms with E-state index in [9.17, 15) is 4.79 Å². The average Bonchev–Trinajstić information content (AvgIpc) is 3.00. The molecule has 1 amide bonds. The van der Waals surface area contributed by atoms with E-state index < -0.39 is 0 Å². The van der Waals surface area contributed by atoms with Crippen molar-refractivity contribution in [3.05, 3.63) is 45.9 Å². The predicted octanol–water partition coefficient (Wildman–Crippen LogP) is 2.86. The molecule has 5 nitrogen and oxygen atoms in total. The molecule has 0 unspecified atom stereocenters. The van der Waals surface area contributed by atoms with Crippen molar-refractivity contribution in [2.75, 3.05) is 31.1 Å². The number of carbonyl (C=O) groups is 1. The van der Waals surface area contributed by atoms with Crippen LogP contribution in [0.4, 0.5) is 5.13 Å². The van der Waals surface area contributed by atoms with Crippen molar-refractivity contribution in [1.82, 2.24) is 15.1 Å². The molecule has 7 heteroatoms. The second-order valence-electron chi connectivity index (χ2n) is 5.27. The van der Waals surface area contributed by atoms with Gasteiger partial charge < -0.3 is 9.80 Å². The Kier molecular flexibility index (Phi) is 4.93. The van der Waals surface area contributed by atoms with Crippen molar-refractivity contribution >= 4 is 40.1 Å². The van der Waals surface area contributed by atoms with Crippen LogP contribution < -0.4 is 4.90 Å². The molecule has 2 aromatic rings. The summed E-state index contributed by atoms with van der Waals surface area (Å²) in [6, 6.07) is 7.48. The van der Waals surface area contributed by atoms with Gasteiger partial charge in [-0.1, -0.05) is 41.1 Å². The molecule has 1 saturated heterocycles. The zero-order valence-corrected chi connectivity index (χ0v) is 14.3. The summed E-state index contributed by atoms with van der Waals surface area (Å²) in [4.78, 5) is 16.3. The Balaban J connectivity index is 1.57. The summed E-state index contributed by atoms with van der Waals surface area (Å²) in [7, 11) is 0. The van der Waals surface area contributed by atoms with Crippen LogP contribution in [-0.2, 0) is 4.79 Å². The van der Waals surface area contributed by atoms with Gasteiger partial charge in [0, 0.05) is 37.3 Å². The van der Waals surface area contributed by atoms with Crippen LogP contribution in [0, 0.1) is 6.92 Å². The molecule has 0 aliphatic carbocycles.